The summed E-state index contributed by atoms with van der Waals surface area (Å²) >= 11 is 6.00. The molecule has 0 saturated heterocycles. The standard InChI is InChI=1S/C19H21ClN2/c1-3-19(4-2,17-8-10-18(20)11-9-17)22-14-16-7-5-6-15(12-16)13-21/h5-12,22H,3-4,14H2,1-2H3. The van der Waals surface area contributed by atoms with E-state index in [1.807, 2.05) is 36.4 Å². The number of halogens is 1. The fourth-order valence-electron chi connectivity index (χ4n) is 2.80. The molecule has 0 aliphatic rings. The van der Waals surface area contributed by atoms with Crippen LogP contribution < -0.4 is 5.32 Å². The second-order valence-corrected chi connectivity index (χ2v) is 5.90. The highest BCUT2D eigenvalue weighted by Gasteiger charge is 2.27. The molecule has 0 bridgehead atoms. The van der Waals surface area contributed by atoms with Gasteiger partial charge in [-0.05, 0) is 48.2 Å². The average Bonchev–Trinajstić information content (AvgIpc) is 2.57. The molecule has 2 aromatic rings. The quantitative estimate of drug-likeness (QED) is 0.813. The molecule has 0 fully saturated rings. The second-order valence-electron chi connectivity index (χ2n) is 5.46. The third kappa shape index (κ3) is 3.68. The molecule has 3 heteroatoms. The molecule has 0 spiro atoms. The van der Waals surface area contributed by atoms with E-state index in [1.54, 1.807) is 0 Å². The third-order valence-corrected chi connectivity index (χ3v) is 4.54. The lowest BCUT2D eigenvalue weighted by molar-refractivity contribution is 0.305. The largest absolute Gasteiger partial charge is 0.303 e. The van der Waals surface area contributed by atoms with Crippen molar-refractivity contribution in [1.82, 2.24) is 5.32 Å². The van der Waals surface area contributed by atoms with Crippen LogP contribution in [0.1, 0.15) is 43.4 Å². The van der Waals surface area contributed by atoms with Crippen molar-refractivity contribution < 1.29 is 0 Å². The van der Waals surface area contributed by atoms with Crippen molar-refractivity contribution in [2.45, 2.75) is 38.8 Å². The number of rotatable bonds is 6. The van der Waals surface area contributed by atoms with Gasteiger partial charge in [0.2, 0.25) is 0 Å². The first-order chi connectivity index (χ1) is 10.6. The summed E-state index contributed by atoms with van der Waals surface area (Å²) in [6.45, 7) is 5.12. The van der Waals surface area contributed by atoms with Gasteiger partial charge in [-0.3, -0.25) is 0 Å². The van der Waals surface area contributed by atoms with Crippen LogP contribution in [-0.4, -0.2) is 0 Å². The summed E-state index contributed by atoms with van der Waals surface area (Å²) in [5, 5.41) is 13.4. The van der Waals surface area contributed by atoms with Crippen LogP contribution >= 0.6 is 11.6 Å². The van der Waals surface area contributed by atoms with Crippen molar-refractivity contribution >= 4 is 11.6 Å². The van der Waals surface area contributed by atoms with Gasteiger partial charge in [-0.2, -0.15) is 5.26 Å². The van der Waals surface area contributed by atoms with Gasteiger partial charge in [0.05, 0.1) is 11.6 Å². The Morgan fingerprint density at radius 2 is 1.77 bits per heavy atom. The van der Waals surface area contributed by atoms with E-state index in [0.717, 1.165) is 30.0 Å². The summed E-state index contributed by atoms with van der Waals surface area (Å²) in [7, 11) is 0. The van der Waals surface area contributed by atoms with E-state index >= 15 is 0 Å². The van der Waals surface area contributed by atoms with Crippen LogP contribution in [0.5, 0.6) is 0 Å². The van der Waals surface area contributed by atoms with Crippen molar-refractivity contribution in [3.63, 3.8) is 0 Å². The Kier molecular flexibility index (Phi) is 5.60. The minimum absolute atomic E-state index is 0.0762. The monoisotopic (exact) mass is 312 g/mol. The number of benzene rings is 2. The summed E-state index contributed by atoms with van der Waals surface area (Å²) in [4.78, 5) is 0. The van der Waals surface area contributed by atoms with E-state index < -0.39 is 0 Å². The Labute approximate surface area is 137 Å². The van der Waals surface area contributed by atoms with Crippen molar-refractivity contribution in [2.75, 3.05) is 0 Å². The number of nitrogens with one attached hydrogen (secondary N) is 1. The first-order valence-corrected chi connectivity index (χ1v) is 8.01. The molecule has 0 aromatic heterocycles. The Morgan fingerprint density at radius 1 is 1.09 bits per heavy atom. The number of hydrogen-bond acceptors (Lipinski definition) is 2. The van der Waals surface area contributed by atoms with Crippen molar-refractivity contribution in [1.29, 1.82) is 5.26 Å². The van der Waals surface area contributed by atoms with Crippen LogP contribution in [0.15, 0.2) is 48.5 Å². The Morgan fingerprint density at radius 3 is 2.36 bits per heavy atom. The first kappa shape index (κ1) is 16.5. The van der Waals surface area contributed by atoms with E-state index in [4.69, 9.17) is 16.9 Å². The summed E-state index contributed by atoms with van der Waals surface area (Å²) < 4.78 is 0. The molecule has 0 heterocycles. The maximum Gasteiger partial charge on any atom is 0.0991 e. The summed E-state index contributed by atoms with van der Waals surface area (Å²) in [6.07, 6.45) is 1.98. The molecule has 2 aromatic carbocycles. The summed E-state index contributed by atoms with van der Waals surface area (Å²) in [5.41, 5.74) is 3.00. The molecular weight excluding hydrogens is 292 g/mol. The van der Waals surface area contributed by atoms with E-state index in [9.17, 15) is 0 Å². The molecule has 0 atom stereocenters. The normalized spacial score (nSPS) is 11.2. The van der Waals surface area contributed by atoms with Crippen LogP contribution in [0, 0.1) is 11.3 Å². The van der Waals surface area contributed by atoms with Crippen LogP contribution in [0.4, 0.5) is 0 Å². The average molecular weight is 313 g/mol. The number of nitriles is 1. The van der Waals surface area contributed by atoms with Gasteiger partial charge in [-0.25, -0.2) is 0 Å². The van der Waals surface area contributed by atoms with Gasteiger partial charge in [-0.15, -0.1) is 0 Å². The van der Waals surface area contributed by atoms with Gasteiger partial charge in [0.15, 0.2) is 0 Å². The fourth-order valence-corrected chi connectivity index (χ4v) is 2.93. The molecule has 114 valence electrons. The van der Waals surface area contributed by atoms with Crippen molar-refractivity contribution in [2.24, 2.45) is 0 Å². The molecule has 0 amide bonds. The van der Waals surface area contributed by atoms with Crippen LogP contribution in [0.3, 0.4) is 0 Å². The van der Waals surface area contributed by atoms with Gasteiger partial charge < -0.3 is 5.32 Å². The summed E-state index contributed by atoms with van der Waals surface area (Å²) in [5.74, 6) is 0. The van der Waals surface area contributed by atoms with Gasteiger partial charge >= 0.3 is 0 Å². The van der Waals surface area contributed by atoms with Crippen LogP contribution in [0.2, 0.25) is 5.02 Å². The Balaban J connectivity index is 2.21. The van der Waals surface area contributed by atoms with Crippen LogP contribution in [-0.2, 0) is 12.1 Å². The second kappa shape index (κ2) is 7.45. The molecule has 0 aliphatic heterocycles. The molecule has 22 heavy (non-hydrogen) atoms. The molecule has 0 radical (unpaired) electrons. The van der Waals surface area contributed by atoms with Gasteiger partial charge in [-0.1, -0.05) is 49.7 Å². The third-order valence-electron chi connectivity index (χ3n) is 4.29. The Bertz CT molecular complexity index is 652. The topological polar surface area (TPSA) is 35.8 Å². The zero-order valence-electron chi connectivity index (χ0n) is 13.1. The molecule has 0 saturated carbocycles. The molecule has 1 N–H and O–H groups in total. The summed E-state index contributed by atoms with van der Waals surface area (Å²) in [6, 6.07) is 18.0. The molecule has 0 aliphatic carbocycles. The lowest BCUT2D eigenvalue weighted by Gasteiger charge is -2.34. The predicted molar refractivity (Wildman–Crippen MR) is 91.7 cm³/mol. The van der Waals surface area contributed by atoms with E-state index in [0.29, 0.717) is 5.56 Å². The first-order valence-electron chi connectivity index (χ1n) is 7.63. The number of nitrogens with zero attached hydrogens (tertiary/aromatic N) is 1. The fraction of sp³-hybridized carbons (Fsp3) is 0.316. The van der Waals surface area contributed by atoms with Crippen molar-refractivity contribution in [3.8, 4) is 6.07 Å². The maximum atomic E-state index is 9.00. The highest BCUT2D eigenvalue weighted by atomic mass is 35.5. The van der Waals surface area contributed by atoms with E-state index in [-0.39, 0.29) is 5.54 Å². The van der Waals surface area contributed by atoms with Gasteiger partial charge in [0, 0.05) is 17.1 Å². The van der Waals surface area contributed by atoms with Crippen molar-refractivity contribution in [3.05, 3.63) is 70.2 Å². The lowest BCUT2D eigenvalue weighted by Crippen LogP contribution is -2.40. The minimum atomic E-state index is -0.0762. The smallest absolute Gasteiger partial charge is 0.0991 e. The zero-order chi connectivity index (χ0) is 16.0. The molecule has 2 nitrogen and oxygen atoms in total. The molecule has 2 rings (SSSR count). The Hall–Kier alpha value is -1.82. The maximum absolute atomic E-state index is 9.00. The highest BCUT2D eigenvalue weighted by molar-refractivity contribution is 6.30. The van der Waals surface area contributed by atoms with Crippen LogP contribution in [0.25, 0.3) is 0 Å². The van der Waals surface area contributed by atoms with Gasteiger partial charge in [0.1, 0.15) is 0 Å². The SMILES string of the molecule is CCC(CC)(NCc1cccc(C#N)c1)c1ccc(Cl)cc1. The zero-order valence-corrected chi connectivity index (χ0v) is 13.8. The van der Waals surface area contributed by atoms with E-state index in [1.165, 1.54) is 5.56 Å². The molecule has 0 unspecified atom stereocenters. The van der Waals surface area contributed by atoms with E-state index in [2.05, 4.69) is 37.4 Å². The highest BCUT2D eigenvalue weighted by Crippen LogP contribution is 2.30. The lowest BCUT2D eigenvalue weighted by atomic mass is 9.84. The predicted octanol–water partition coefficient (Wildman–Crippen LogP) is 5.02. The minimum Gasteiger partial charge on any atom is -0.303 e. The number of hydrogen-bond donors (Lipinski definition) is 1. The molecular formula is C19H21ClN2. The van der Waals surface area contributed by atoms with Gasteiger partial charge in [0.25, 0.3) is 0 Å².